The maximum absolute atomic E-state index is 6.20. The second-order valence-corrected chi connectivity index (χ2v) is 5.64. The van der Waals surface area contributed by atoms with Crippen LogP contribution in [0.5, 0.6) is 0 Å². The molecule has 0 amide bonds. The Morgan fingerprint density at radius 2 is 1.81 bits per heavy atom. The van der Waals surface area contributed by atoms with Crippen molar-refractivity contribution in [3.63, 3.8) is 0 Å². The summed E-state index contributed by atoms with van der Waals surface area (Å²) >= 11 is 0. The third-order valence-corrected chi connectivity index (χ3v) is 3.11. The summed E-state index contributed by atoms with van der Waals surface area (Å²) in [7, 11) is 2.11. The molecular weight excluding hydrogens is 196 g/mol. The Kier molecular flexibility index (Phi) is 3.98. The van der Waals surface area contributed by atoms with E-state index in [1.165, 1.54) is 11.3 Å². The second-order valence-electron chi connectivity index (χ2n) is 5.64. The van der Waals surface area contributed by atoms with E-state index in [4.69, 9.17) is 5.73 Å². The van der Waals surface area contributed by atoms with Crippen LogP contribution in [0.4, 0.5) is 5.69 Å². The zero-order valence-electron chi connectivity index (χ0n) is 11.1. The van der Waals surface area contributed by atoms with Crippen molar-refractivity contribution in [3.8, 4) is 0 Å². The van der Waals surface area contributed by atoms with Crippen LogP contribution in [-0.2, 0) is 0 Å². The van der Waals surface area contributed by atoms with Crippen molar-refractivity contribution < 1.29 is 0 Å². The van der Waals surface area contributed by atoms with Gasteiger partial charge in [0.1, 0.15) is 0 Å². The lowest BCUT2D eigenvalue weighted by atomic mass is 9.87. The van der Waals surface area contributed by atoms with Crippen molar-refractivity contribution in [1.82, 2.24) is 0 Å². The molecule has 1 unspecified atom stereocenters. The van der Waals surface area contributed by atoms with E-state index >= 15 is 0 Å². The summed E-state index contributed by atoms with van der Waals surface area (Å²) in [5.41, 5.74) is 8.91. The highest BCUT2D eigenvalue weighted by Crippen LogP contribution is 2.22. The van der Waals surface area contributed by atoms with Gasteiger partial charge in [0.25, 0.3) is 0 Å². The maximum Gasteiger partial charge on any atom is 0.0393 e. The van der Waals surface area contributed by atoms with E-state index in [0.29, 0.717) is 0 Å². The molecular formula is C14H24N2. The predicted octanol–water partition coefficient (Wildman–Crippen LogP) is 2.80. The van der Waals surface area contributed by atoms with Crippen LogP contribution in [0.25, 0.3) is 0 Å². The summed E-state index contributed by atoms with van der Waals surface area (Å²) in [4.78, 5) is 2.24. The van der Waals surface area contributed by atoms with Crippen LogP contribution in [0.2, 0.25) is 0 Å². The molecule has 2 nitrogen and oxygen atoms in total. The molecule has 0 aliphatic carbocycles. The molecule has 1 rings (SSSR count). The van der Waals surface area contributed by atoms with Gasteiger partial charge in [0.05, 0.1) is 0 Å². The van der Waals surface area contributed by atoms with Crippen LogP contribution in [-0.4, -0.2) is 19.6 Å². The van der Waals surface area contributed by atoms with Gasteiger partial charge in [-0.15, -0.1) is 0 Å². The molecule has 0 heterocycles. The Hall–Kier alpha value is -1.02. The van der Waals surface area contributed by atoms with Gasteiger partial charge in [0.2, 0.25) is 0 Å². The lowest BCUT2D eigenvalue weighted by molar-refractivity contribution is 0.323. The molecule has 1 aromatic carbocycles. The van der Waals surface area contributed by atoms with Crippen molar-refractivity contribution in [2.24, 2.45) is 11.1 Å². The number of nitrogens with two attached hydrogens (primary N) is 1. The van der Waals surface area contributed by atoms with E-state index in [1.54, 1.807) is 0 Å². The van der Waals surface area contributed by atoms with Crippen molar-refractivity contribution >= 4 is 5.69 Å². The Morgan fingerprint density at radius 1 is 1.25 bits per heavy atom. The fourth-order valence-corrected chi connectivity index (χ4v) is 1.66. The third kappa shape index (κ3) is 3.24. The maximum atomic E-state index is 6.20. The summed E-state index contributed by atoms with van der Waals surface area (Å²) in [6.45, 7) is 9.57. The predicted molar refractivity (Wildman–Crippen MR) is 71.9 cm³/mol. The molecule has 0 spiro atoms. The van der Waals surface area contributed by atoms with Gasteiger partial charge in [0.15, 0.2) is 0 Å². The van der Waals surface area contributed by atoms with Gasteiger partial charge in [-0.25, -0.2) is 0 Å². The third-order valence-electron chi connectivity index (χ3n) is 3.11. The van der Waals surface area contributed by atoms with Gasteiger partial charge < -0.3 is 10.6 Å². The van der Waals surface area contributed by atoms with E-state index in [2.05, 4.69) is 63.9 Å². The number of rotatable bonds is 3. The molecule has 0 fully saturated rings. The second kappa shape index (κ2) is 4.88. The van der Waals surface area contributed by atoms with Gasteiger partial charge in [-0.05, 0) is 24.0 Å². The minimum absolute atomic E-state index is 0.150. The first kappa shape index (κ1) is 13.0. The molecule has 0 radical (unpaired) electrons. The smallest absolute Gasteiger partial charge is 0.0393 e. The van der Waals surface area contributed by atoms with Gasteiger partial charge in [-0.3, -0.25) is 0 Å². The highest BCUT2D eigenvalue weighted by atomic mass is 15.1. The molecule has 0 saturated carbocycles. The fraction of sp³-hybridized carbons (Fsp3) is 0.571. The minimum atomic E-state index is 0.150. The molecule has 0 saturated heterocycles. The van der Waals surface area contributed by atoms with E-state index in [0.717, 1.165) is 6.54 Å². The lowest BCUT2D eigenvalue weighted by Crippen LogP contribution is -2.44. The highest BCUT2D eigenvalue weighted by molar-refractivity contribution is 5.52. The quantitative estimate of drug-likeness (QED) is 0.848. The Labute approximate surface area is 99.5 Å². The first-order valence-corrected chi connectivity index (χ1v) is 5.84. The van der Waals surface area contributed by atoms with Crippen LogP contribution in [0, 0.1) is 12.3 Å². The van der Waals surface area contributed by atoms with E-state index in [-0.39, 0.29) is 11.5 Å². The molecule has 2 N–H and O–H groups in total. The number of hydrogen-bond acceptors (Lipinski definition) is 2. The van der Waals surface area contributed by atoms with Gasteiger partial charge >= 0.3 is 0 Å². The van der Waals surface area contributed by atoms with Crippen LogP contribution in [0.1, 0.15) is 26.3 Å². The fourth-order valence-electron chi connectivity index (χ4n) is 1.66. The monoisotopic (exact) mass is 220 g/mol. The van der Waals surface area contributed by atoms with Crippen molar-refractivity contribution in [1.29, 1.82) is 0 Å². The van der Waals surface area contributed by atoms with Crippen LogP contribution < -0.4 is 10.6 Å². The number of hydrogen-bond donors (Lipinski definition) is 1. The topological polar surface area (TPSA) is 29.3 Å². The average Bonchev–Trinajstić information content (AvgIpc) is 2.16. The summed E-state index contributed by atoms with van der Waals surface area (Å²) in [6.07, 6.45) is 0. The lowest BCUT2D eigenvalue weighted by Gasteiger charge is -2.32. The molecule has 2 heteroatoms. The summed E-state index contributed by atoms with van der Waals surface area (Å²) in [6, 6.07) is 8.59. The molecule has 1 atom stereocenters. The average molecular weight is 220 g/mol. The number of anilines is 1. The molecule has 0 aliphatic rings. The Morgan fingerprint density at radius 3 is 2.31 bits per heavy atom. The van der Waals surface area contributed by atoms with E-state index in [9.17, 15) is 0 Å². The van der Waals surface area contributed by atoms with Crippen molar-refractivity contribution in [2.45, 2.75) is 33.7 Å². The zero-order valence-corrected chi connectivity index (χ0v) is 11.1. The Bertz CT molecular complexity index is 339. The molecule has 16 heavy (non-hydrogen) atoms. The van der Waals surface area contributed by atoms with E-state index in [1.807, 2.05) is 0 Å². The largest absolute Gasteiger partial charge is 0.373 e. The van der Waals surface area contributed by atoms with Gasteiger partial charge in [-0.2, -0.15) is 0 Å². The van der Waals surface area contributed by atoms with E-state index < -0.39 is 0 Å². The summed E-state index contributed by atoms with van der Waals surface area (Å²) < 4.78 is 0. The van der Waals surface area contributed by atoms with Gasteiger partial charge in [0, 0.05) is 25.3 Å². The summed E-state index contributed by atoms with van der Waals surface area (Å²) in [5.74, 6) is 0. The van der Waals surface area contributed by atoms with Crippen molar-refractivity contribution in [3.05, 3.63) is 29.8 Å². The summed E-state index contributed by atoms with van der Waals surface area (Å²) in [5, 5.41) is 0. The Balaban J connectivity index is 2.73. The van der Waals surface area contributed by atoms with Crippen LogP contribution >= 0.6 is 0 Å². The van der Waals surface area contributed by atoms with Gasteiger partial charge in [-0.1, -0.05) is 39.0 Å². The highest BCUT2D eigenvalue weighted by Gasteiger charge is 2.22. The normalized spacial score (nSPS) is 13.6. The number of para-hydroxylation sites is 1. The first-order valence-electron chi connectivity index (χ1n) is 5.84. The standard InChI is InChI=1S/C14H24N2/c1-11-8-6-7-9-12(11)16(5)10-13(15)14(2,3)4/h6-9,13H,10,15H2,1-5H3. The zero-order chi connectivity index (χ0) is 12.3. The minimum Gasteiger partial charge on any atom is -0.373 e. The molecule has 0 bridgehead atoms. The SMILES string of the molecule is Cc1ccccc1N(C)CC(N)C(C)(C)C. The number of benzene rings is 1. The van der Waals surface area contributed by atoms with Crippen LogP contribution in [0.3, 0.4) is 0 Å². The van der Waals surface area contributed by atoms with Crippen LogP contribution in [0.15, 0.2) is 24.3 Å². The molecule has 0 aliphatic heterocycles. The number of nitrogens with zero attached hydrogens (tertiary/aromatic N) is 1. The molecule has 1 aromatic rings. The first-order chi connectivity index (χ1) is 7.32. The van der Waals surface area contributed by atoms with Crippen molar-refractivity contribution in [2.75, 3.05) is 18.5 Å². The molecule has 0 aromatic heterocycles. The number of likely N-dealkylation sites (N-methyl/N-ethyl adjacent to an activating group) is 1. The molecule has 90 valence electrons. The number of aryl methyl sites for hydroxylation is 1.